The van der Waals surface area contributed by atoms with Gasteiger partial charge in [0.1, 0.15) is 0 Å². The van der Waals surface area contributed by atoms with E-state index in [9.17, 15) is 4.79 Å². The summed E-state index contributed by atoms with van der Waals surface area (Å²) in [6.45, 7) is 8.57. The normalized spacial score (nSPS) is 25.0. The fraction of sp³-hybridized carbons (Fsp3) is 0.923. The minimum Gasteiger partial charge on any atom is -0.383 e. The molecule has 4 heteroatoms. The van der Waals surface area contributed by atoms with E-state index >= 15 is 0 Å². The summed E-state index contributed by atoms with van der Waals surface area (Å²) >= 11 is 0. The van der Waals surface area contributed by atoms with Crippen LogP contribution in [-0.4, -0.2) is 49.7 Å². The molecule has 2 unspecified atom stereocenters. The summed E-state index contributed by atoms with van der Waals surface area (Å²) in [7, 11) is 1.67. The Bertz CT molecular complexity index is 244. The van der Waals surface area contributed by atoms with Gasteiger partial charge in [0.15, 0.2) is 0 Å². The maximum absolute atomic E-state index is 12.5. The third-order valence-electron chi connectivity index (χ3n) is 3.52. The Morgan fingerprint density at radius 3 is 2.76 bits per heavy atom. The van der Waals surface area contributed by atoms with Crippen LogP contribution >= 0.6 is 0 Å². The van der Waals surface area contributed by atoms with Crippen LogP contribution in [0.25, 0.3) is 0 Å². The second-order valence-corrected chi connectivity index (χ2v) is 5.11. The van der Waals surface area contributed by atoms with Gasteiger partial charge in [-0.25, -0.2) is 0 Å². The van der Waals surface area contributed by atoms with Gasteiger partial charge in [-0.3, -0.25) is 4.79 Å². The second-order valence-electron chi connectivity index (χ2n) is 5.11. The Kier molecular flexibility index (Phi) is 5.92. The first-order valence-electron chi connectivity index (χ1n) is 6.60. The van der Waals surface area contributed by atoms with Crippen molar-refractivity contribution in [2.75, 3.05) is 26.8 Å². The molecule has 0 spiro atoms. The van der Waals surface area contributed by atoms with Crippen molar-refractivity contribution < 1.29 is 9.53 Å². The number of ether oxygens (including phenoxy) is 1. The van der Waals surface area contributed by atoms with Crippen LogP contribution in [0.2, 0.25) is 0 Å². The molecule has 17 heavy (non-hydrogen) atoms. The van der Waals surface area contributed by atoms with Crippen LogP contribution < -0.4 is 5.32 Å². The molecular formula is C13H26N2O2. The zero-order valence-corrected chi connectivity index (χ0v) is 11.5. The highest BCUT2D eigenvalue weighted by Gasteiger charge is 2.31. The Labute approximate surface area is 105 Å². The van der Waals surface area contributed by atoms with Crippen LogP contribution in [0.3, 0.4) is 0 Å². The topological polar surface area (TPSA) is 41.6 Å². The molecule has 0 aromatic heterocycles. The predicted molar refractivity (Wildman–Crippen MR) is 68.9 cm³/mol. The summed E-state index contributed by atoms with van der Waals surface area (Å²) in [6, 6.07) is 0.534. The summed E-state index contributed by atoms with van der Waals surface area (Å²) in [5, 5.41) is 3.38. The van der Waals surface area contributed by atoms with E-state index < -0.39 is 0 Å². The van der Waals surface area contributed by atoms with Crippen molar-refractivity contribution in [1.29, 1.82) is 0 Å². The van der Waals surface area contributed by atoms with Crippen molar-refractivity contribution in [1.82, 2.24) is 10.2 Å². The molecule has 100 valence electrons. The van der Waals surface area contributed by atoms with Crippen molar-refractivity contribution >= 4 is 5.91 Å². The number of nitrogens with one attached hydrogen (secondary N) is 1. The van der Waals surface area contributed by atoms with Gasteiger partial charge in [-0.05, 0) is 40.2 Å². The van der Waals surface area contributed by atoms with E-state index in [4.69, 9.17) is 4.74 Å². The zero-order chi connectivity index (χ0) is 12.8. The molecule has 0 radical (unpaired) electrons. The summed E-state index contributed by atoms with van der Waals surface area (Å²) in [5.74, 6) is 0.403. The second kappa shape index (κ2) is 6.97. The molecule has 1 fully saturated rings. The minimum atomic E-state index is 0.128. The molecule has 1 rings (SSSR count). The van der Waals surface area contributed by atoms with Crippen LogP contribution in [-0.2, 0) is 9.53 Å². The quantitative estimate of drug-likeness (QED) is 0.789. The van der Waals surface area contributed by atoms with Crippen molar-refractivity contribution in [3.05, 3.63) is 0 Å². The van der Waals surface area contributed by atoms with Gasteiger partial charge < -0.3 is 15.0 Å². The van der Waals surface area contributed by atoms with E-state index in [0.717, 1.165) is 19.4 Å². The largest absolute Gasteiger partial charge is 0.383 e. The molecular weight excluding hydrogens is 216 g/mol. The number of hydrogen-bond acceptors (Lipinski definition) is 3. The van der Waals surface area contributed by atoms with Gasteiger partial charge in [0, 0.05) is 25.7 Å². The van der Waals surface area contributed by atoms with Crippen LogP contribution in [0.4, 0.5) is 0 Å². The van der Waals surface area contributed by atoms with Crippen LogP contribution in [0.15, 0.2) is 0 Å². The number of carbonyl (C=O) groups excluding carboxylic acids is 1. The summed E-state index contributed by atoms with van der Waals surface area (Å²) < 4.78 is 5.08. The number of carbonyl (C=O) groups is 1. The average molecular weight is 242 g/mol. The van der Waals surface area contributed by atoms with Crippen molar-refractivity contribution in [3.8, 4) is 0 Å². The zero-order valence-electron chi connectivity index (χ0n) is 11.5. The molecule has 4 nitrogen and oxygen atoms in total. The number of hydrogen-bond donors (Lipinski definition) is 1. The maximum atomic E-state index is 12.5. The maximum Gasteiger partial charge on any atom is 0.227 e. The lowest BCUT2D eigenvalue weighted by Crippen LogP contribution is -2.50. The minimum absolute atomic E-state index is 0.128. The van der Waals surface area contributed by atoms with Crippen LogP contribution in [0.1, 0.15) is 33.6 Å². The smallest absolute Gasteiger partial charge is 0.227 e. The summed E-state index contributed by atoms with van der Waals surface area (Å²) in [4.78, 5) is 14.4. The van der Waals surface area contributed by atoms with Crippen LogP contribution in [0, 0.1) is 5.92 Å². The lowest BCUT2D eigenvalue weighted by molar-refractivity contribution is -0.139. The lowest BCUT2D eigenvalue weighted by Gasteiger charge is -2.35. The Balaban J connectivity index is 2.62. The molecule has 1 aliphatic rings. The van der Waals surface area contributed by atoms with Gasteiger partial charge in [-0.2, -0.15) is 0 Å². The third-order valence-corrected chi connectivity index (χ3v) is 3.52. The Morgan fingerprint density at radius 2 is 2.24 bits per heavy atom. The first-order chi connectivity index (χ1) is 8.07. The van der Waals surface area contributed by atoms with Crippen molar-refractivity contribution in [2.45, 2.75) is 45.7 Å². The monoisotopic (exact) mass is 242 g/mol. The molecule has 0 saturated carbocycles. The molecule has 0 aromatic carbocycles. The third kappa shape index (κ3) is 3.96. The highest BCUT2D eigenvalue weighted by molar-refractivity contribution is 5.80. The molecule has 1 aliphatic heterocycles. The van der Waals surface area contributed by atoms with E-state index in [1.54, 1.807) is 7.11 Å². The number of rotatable bonds is 5. The van der Waals surface area contributed by atoms with Crippen molar-refractivity contribution in [2.24, 2.45) is 5.92 Å². The average Bonchev–Trinajstić information content (AvgIpc) is 2.29. The van der Waals surface area contributed by atoms with Gasteiger partial charge in [-0.15, -0.1) is 0 Å². The molecule has 1 amide bonds. The number of nitrogens with zero attached hydrogens (tertiary/aromatic N) is 1. The Morgan fingerprint density at radius 1 is 1.53 bits per heavy atom. The molecule has 0 aromatic rings. The van der Waals surface area contributed by atoms with Gasteiger partial charge in [0.25, 0.3) is 0 Å². The molecule has 0 bridgehead atoms. The molecule has 1 saturated heterocycles. The summed E-state index contributed by atoms with van der Waals surface area (Å²) in [6.07, 6.45) is 2.10. The van der Waals surface area contributed by atoms with Gasteiger partial charge >= 0.3 is 0 Å². The molecule has 2 atom stereocenters. The van der Waals surface area contributed by atoms with E-state index in [-0.39, 0.29) is 17.9 Å². The van der Waals surface area contributed by atoms with Crippen LogP contribution in [0.5, 0.6) is 0 Å². The highest BCUT2D eigenvalue weighted by atomic mass is 16.5. The van der Waals surface area contributed by atoms with E-state index in [2.05, 4.69) is 26.1 Å². The highest BCUT2D eigenvalue weighted by Crippen LogP contribution is 2.20. The molecule has 1 N–H and O–H groups in total. The van der Waals surface area contributed by atoms with Gasteiger partial charge in [0.2, 0.25) is 5.91 Å². The SMILES string of the molecule is COCCN(C(=O)C1CCCNC1C)C(C)C. The predicted octanol–water partition coefficient (Wildman–Crippen LogP) is 1.26. The fourth-order valence-corrected chi connectivity index (χ4v) is 2.41. The fourth-order valence-electron chi connectivity index (χ4n) is 2.41. The number of piperidine rings is 1. The van der Waals surface area contributed by atoms with Gasteiger partial charge in [0.05, 0.1) is 12.5 Å². The number of methoxy groups -OCH3 is 1. The van der Waals surface area contributed by atoms with E-state index in [0.29, 0.717) is 19.2 Å². The van der Waals surface area contributed by atoms with Gasteiger partial charge in [-0.1, -0.05) is 0 Å². The first-order valence-corrected chi connectivity index (χ1v) is 6.60. The lowest BCUT2D eigenvalue weighted by atomic mass is 9.90. The summed E-state index contributed by atoms with van der Waals surface area (Å²) in [5.41, 5.74) is 0. The molecule has 1 heterocycles. The first kappa shape index (κ1) is 14.5. The van der Waals surface area contributed by atoms with E-state index in [1.807, 2.05) is 4.90 Å². The molecule has 0 aliphatic carbocycles. The Hall–Kier alpha value is -0.610. The standard InChI is InChI=1S/C13H26N2O2/c1-10(2)15(8-9-17-4)13(16)12-6-5-7-14-11(12)3/h10-12,14H,5-9H2,1-4H3. The van der Waals surface area contributed by atoms with E-state index in [1.165, 1.54) is 0 Å². The van der Waals surface area contributed by atoms with Crippen molar-refractivity contribution in [3.63, 3.8) is 0 Å². The number of amides is 1.